The number of benzene rings is 2. The molecule has 0 saturated heterocycles. The molecule has 0 aliphatic heterocycles. The SMILES string of the molecule is CNC(Cc1ccc(Br)cc1)c1cc(C)ccc1Br. The summed E-state index contributed by atoms with van der Waals surface area (Å²) in [6.07, 6.45) is 0.978. The van der Waals surface area contributed by atoms with E-state index in [4.69, 9.17) is 0 Å². The Labute approximate surface area is 131 Å². The van der Waals surface area contributed by atoms with Gasteiger partial charge < -0.3 is 5.32 Å². The largest absolute Gasteiger partial charge is 0.313 e. The first-order chi connectivity index (χ1) is 9.10. The summed E-state index contributed by atoms with van der Waals surface area (Å²) in [5, 5.41) is 3.41. The van der Waals surface area contributed by atoms with Gasteiger partial charge in [0.1, 0.15) is 0 Å². The first-order valence-electron chi connectivity index (χ1n) is 6.28. The lowest BCUT2D eigenvalue weighted by atomic mass is 9.98. The van der Waals surface area contributed by atoms with Gasteiger partial charge in [0, 0.05) is 15.0 Å². The van der Waals surface area contributed by atoms with Gasteiger partial charge >= 0.3 is 0 Å². The third kappa shape index (κ3) is 3.91. The molecule has 0 fully saturated rings. The second-order valence-electron chi connectivity index (χ2n) is 4.70. The molecule has 0 spiro atoms. The Morgan fingerprint density at radius 1 is 1.05 bits per heavy atom. The van der Waals surface area contributed by atoms with Crippen molar-refractivity contribution in [1.29, 1.82) is 0 Å². The standard InChI is InChI=1S/C16H17Br2N/c1-11-3-8-15(18)14(9-11)16(19-2)10-12-4-6-13(17)7-5-12/h3-9,16,19H,10H2,1-2H3. The summed E-state index contributed by atoms with van der Waals surface area (Å²) in [7, 11) is 2.01. The van der Waals surface area contributed by atoms with Crippen LogP contribution in [0, 0.1) is 6.92 Å². The molecule has 0 aromatic heterocycles. The first kappa shape index (κ1) is 14.8. The lowest BCUT2D eigenvalue weighted by Gasteiger charge is -2.19. The van der Waals surface area contributed by atoms with Gasteiger partial charge in [-0.25, -0.2) is 0 Å². The lowest BCUT2D eigenvalue weighted by Crippen LogP contribution is -2.19. The van der Waals surface area contributed by atoms with Gasteiger partial charge in [-0.2, -0.15) is 0 Å². The van der Waals surface area contributed by atoms with Crippen molar-refractivity contribution in [3.8, 4) is 0 Å². The van der Waals surface area contributed by atoms with Gasteiger partial charge in [0.25, 0.3) is 0 Å². The molecule has 0 saturated carbocycles. The molecule has 19 heavy (non-hydrogen) atoms. The molecule has 1 atom stereocenters. The zero-order chi connectivity index (χ0) is 13.8. The van der Waals surface area contributed by atoms with E-state index in [1.807, 2.05) is 7.05 Å². The van der Waals surface area contributed by atoms with Crippen molar-refractivity contribution in [3.63, 3.8) is 0 Å². The number of rotatable bonds is 4. The summed E-state index contributed by atoms with van der Waals surface area (Å²) in [6, 6.07) is 15.3. The fourth-order valence-electron chi connectivity index (χ4n) is 2.15. The van der Waals surface area contributed by atoms with Crippen LogP contribution in [0.15, 0.2) is 51.4 Å². The van der Waals surface area contributed by atoms with Crippen LogP contribution in [0.25, 0.3) is 0 Å². The molecule has 0 aliphatic rings. The van der Waals surface area contributed by atoms with E-state index in [0.29, 0.717) is 6.04 Å². The molecule has 100 valence electrons. The summed E-state index contributed by atoms with van der Waals surface area (Å²) >= 11 is 7.12. The molecule has 1 N–H and O–H groups in total. The molecule has 0 bridgehead atoms. The minimum atomic E-state index is 0.315. The maximum atomic E-state index is 3.65. The van der Waals surface area contributed by atoms with Crippen molar-refractivity contribution in [2.24, 2.45) is 0 Å². The van der Waals surface area contributed by atoms with Gasteiger partial charge in [0.05, 0.1) is 0 Å². The molecule has 0 aliphatic carbocycles. The minimum Gasteiger partial charge on any atom is -0.313 e. The van der Waals surface area contributed by atoms with E-state index in [2.05, 4.69) is 86.6 Å². The Bertz CT molecular complexity index is 549. The van der Waals surface area contributed by atoms with Crippen LogP contribution >= 0.6 is 31.9 Å². The molecule has 0 amide bonds. The Balaban J connectivity index is 2.24. The highest BCUT2D eigenvalue weighted by Gasteiger charge is 2.13. The Morgan fingerprint density at radius 2 is 1.74 bits per heavy atom. The molecule has 2 rings (SSSR count). The fraction of sp³-hybridized carbons (Fsp3) is 0.250. The maximum Gasteiger partial charge on any atom is 0.0369 e. The average molecular weight is 383 g/mol. The fourth-order valence-corrected chi connectivity index (χ4v) is 2.94. The second-order valence-corrected chi connectivity index (χ2v) is 6.47. The highest BCUT2D eigenvalue weighted by atomic mass is 79.9. The molecular formula is C16H17Br2N. The van der Waals surface area contributed by atoms with Crippen LogP contribution in [0.2, 0.25) is 0 Å². The van der Waals surface area contributed by atoms with E-state index in [1.54, 1.807) is 0 Å². The third-order valence-electron chi connectivity index (χ3n) is 3.23. The van der Waals surface area contributed by atoms with Gasteiger partial charge in [0.2, 0.25) is 0 Å². The normalized spacial score (nSPS) is 12.4. The van der Waals surface area contributed by atoms with E-state index in [1.165, 1.54) is 16.7 Å². The summed E-state index contributed by atoms with van der Waals surface area (Å²) in [6.45, 7) is 2.13. The van der Waals surface area contributed by atoms with Gasteiger partial charge in [-0.1, -0.05) is 61.7 Å². The Kier molecular flexibility index (Phi) is 5.20. The predicted molar refractivity (Wildman–Crippen MR) is 88.5 cm³/mol. The van der Waals surface area contributed by atoms with Crippen molar-refractivity contribution in [3.05, 3.63) is 68.1 Å². The summed E-state index contributed by atoms with van der Waals surface area (Å²) < 4.78 is 2.28. The monoisotopic (exact) mass is 381 g/mol. The number of likely N-dealkylation sites (N-methyl/N-ethyl adjacent to an activating group) is 1. The van der Waals surface area contributed by atoms with E-state index >= 15 is 0 Å². The molecule has 1 nitrogen and oxygen atoms in total. The van der Waals surface area contributed by atoms with Crippen molar-refractivity contribution in [1.82, 2.24) is 5.32 Å². The van der Waals surface area contributed by atoms with E-state index in [9.17, 15) is 0 Å². The van der Waals surface area contributed by atoms with Crippen LogP contribution in [0.1, 0.15) is 22.7 Å². The van der Waals surface area contributed by atoms with Crippen LogP contribution in [0.4, 0.5) is 0 Å². The zero-order valence-corrected chi connectivity index (χ0v) is 14.3. The van der Waals surface area contributed by atoms with E-state index < -0.39 is 0 Å². The van der Waals surface area contributed by atoms with Crippen molar-refractivity contribution >= 4 is 31.9 Å². The van der Waals surface area contributed by atoms with Crippen LogP contribution in [0.3, 0.4) is 0 Å². The molecule has 0 radical (unpaired) electrons. The number of hydrogen-bond donors (Lipinski definition) is 1. The average Bonchev–Trinajstić information content (AvgIpc) is 2.41. The minimum absolute atomic E-state index is 0.315. The van der Waals surface area contributed by atoms with Gasteiger partial charge in [-0.05, 0) is 49.7 Å². The summed E-state index contributed by atoms with van der Waals surface area (Å²) in [4.78, 5) is 0. The van der Waals surface area contributed by atoms with Crippen molar-refractivity contribution in [2.75, 3.05) is 7.05 Å². The summed E-state index contributed by atoms with van der Waals surface area (Å²) in [5.74, 6) is 0. The number of halogens is 2. The van der Waals surface area contributed by atoms with Crippen molar-refractivity contribution < 1.29 is 0 Å². The van der Waals surface area contributed by atoms with Crippen LogP contribution < -0.4 is 5.32 Å². The smallest absolute Gasteiger partial charge is 0.0369 e. The maximum absolute atomic E-state index is 3.65. The van der Waals surface area contributed by atoms with E-state index in [-0.39, 0.29) is 0 Å². The van der Waals surface area contributed by atoms with Gasteiger partial charge in [0.15, 0.2) is 0 Å². The van der Waals surface area contributed by atoms with Crippen LogP contribution in [-0.4, -0.2) is 7.05 Å². The first-order valence-corrected chi connectivity index (χ1v) is 7.86. The van der Waals surface area contributed by atoms with Crippen molar-refractivity contribution in [2.45, 2.75) is 19.4 Å². The molecule has 3 heteroatoms. The number of aryl methyl sites for hydroxylation is 1. The van der Waals surface area contributed by atoms with Crippen LogP contribution in [0.5, 0.6) is 0 Å². The molecule has 2 aromatic rings. The predicted octanol–water partition coefficient (Wildman–Crippen LogP) is 5.02. The third-order valence-corrected chi connectivity index (χ3v) is 4.48. The Morgan fingerprint density at radius 3 is 2.37 bits per heavy atom. The molecule has 0 heterocycles. The highest BCUT2D eigenvalue weighted by molar-refractivity contribution is 9.10. The topological polar surface area (TPSA) is 12.0 Å². The number of hydrogen-bond acceptors (Lipinski definition) is 1. The Hall–Kier alpha value is -0.640. The molecule has 1 unspecified atom stereocenters. The molecular weight excluding hydrogens is 366 g/mol. The lowest BCUT2D eigenvalue weighted by molar-refractivity contribution is 0.589. The summed E-state index contributed by atoms with van der Waals surface area (Å²) in [5.41, 5.74) is 3.93. The van der Waals surface area contributed by atoms with Gasteiger partial charge in [-0.3, -0.25) is 0 Å². The van der Waals surface area contributed by atoms with E-state index in [0.717, 1.165) is 15.4 Å². The molecule has 2 aromatic carbocycles. The highest BCUT2D eigenvalue weighted by Crippen LogP contribution is 2.27. The number of nitrogens with one attached hydrogen (secondary N) is 1. The van der Waals surface area contributed by atoms with Crippen LogP contribution in [-0.2, 0) is 6.42 Å². The second kappa shape index (κ2) is 6.69. The quantitative estimate of drug-likeness (QED) is 0.782. The van der Waals surface area contributed by atoms with Gasteiger partial charge in [-0.15, -0.1) is 0 Å². The zero-order valence-electron chi connectivity index (χ0n) is 11.1.